The Hall–Kier alpha value is -8.24. The SMILES string of the molecule is CC(C)c1cccc(C(C)C)c1-n1ccnc1-c1[c-]cccc1.CC(C)c1cccc(C(C)C)c1-n1ccnc1-c1[c-]cccc1.CN1C=CN(c2[c-]ccc3c2oc2ccccc23)[CH-]1.CN1C=CN(c2[c-]ccc3c2oc2ccccc23)[CH-]1.[Ir+3].[Ir+3]. The Morgan fingerprint density at radius 3 is 1.10 bits per heavy atom. The first-order valence-corrected chi connectivity index (χ1v) is 28.8. The molecule has 0 unspecified atom stereocenters. The van der Waals surface area contributed by atoms with Crippen LogP contribution in [0.5, 0.6) is 0 Å². The molecular weight excluding hydrogens is 1420 g/mol. The number of hydrogen-bond acceptors (Lipinski definition) is 8. The molecule has 0 bridgehead atoms. The number of aromatic nitrogens is 4. The molecule has 0 radical (unpaired) electrons. The van der Waals surface area contributed by atoms with Gasteiger partial charge in [-0.2, -0.15) is 49.7 Å². The van der Waals surface area contributed by atoms with Crippen molar-refractivity contribution in [1.82, 2.24) is 28.9 Å². The number of imidazole rings is 2. The van der Waals surface area contributed by atoms with Gasteiger partial charge in [-0.3, -0.25) is 9.97 Å². The van der Waals surface area contributed by atoms with Gasteiger partial charge in [0, 0.05) is 58.1 Å². The molecule has 0 atom stereocenters. The van der Waals surface area contributed by atoms with E-state index in [2.05, 4.69) is 172 Å². The first-order chi connectivity index (χ1) is 40.8. The van der Waals surface area contributed by atoms with Crippen molar-refractivity contribution in [1.29, 1.82) is 0 Å². The minimum absolute atomic E-state index is 0. The van der Waals surface area contributed by atoms with Gasteiger partial charge in [-0.25, -0.2) is 0 Å². The summed E-state index contributed by atoms with van der Waals surface area (Å²) in [5, 5.41) is 4.54. The summed E-state index contributed by atoms with van der Waals surface area (Å²) < 4.78 is 16.4. The largest absolute Gasteiger partial charge is 3.00 e. The Kier molecular flexibility index (Phi) is 20.2. The summed E-state index contributed by atoms with van der Waals surface area (Å²) in [4.78, 5) is 17.2. The molecule has 436 valence electrons. The molecule has 12 heteroatoms. The number of hydrogen-bond donors (Lipinski definition) is 0. The van der Waals surface area contributed by atoms with Gasteiger partial charge in [-0.1, -0.05) is 150 Å². The van der Waals surface area contributed by atoms with Crippen LogP contribution in [0.4, 0.5) is 11.4 Å². The third kappa shape index (κ3) is 13.1. The fraction of sp³-hybridized carbons (Fsp3) is 0.189. The maximum absolute atomic E-state index is 5.99. The topological polar surface area (TPSA) is 74.9 Å². The Balaban J connectivity index is 0.000000136. The second-order valence-corrected chi connectivity index (χ2v) is 22.3. The van der Waals surface area contributed by atoms with E-state index in [9.17, 15) is 0 Å². The molecule has 0 saturated carbocycles. The second kappa shape index (κ2) is 27.9. The summed E-state index contributed by atoms with van der Waals surface area (Å²) in [6, 6.07) is 66.6. The molecule has 0 saturated heterocycles. The number of furan rings is 2. The van der Waals surface area contributed by atoms with Crippen molar-refractivity contribution in [3.8, 4) is 34.2 Å². The van der Waals surface area contributed by atoms with Crippen LogP contribution < -0.4 is 9.80 Å². The van der Waals surface area contributed by atoms with Gasteiger partial charge in [0.15, 0.2) is 0 Å². The minimum atomic E-state index is 0. The monoisotopic (exact) mass is 1490 g/mol. The molecule has 14 rings (SSSR count). The molecular formula is C74H70Ir2N8O2. The fourth-order valence-electron chi connectivity index (χ4n) is 10.9. The summed E-state index contributed by atoms with van der Waals surface area (Å²) in [6.07, 6.45) is 15.9. The van der Waals surface area contributed by atoms with E-state index in [1.807, 2.05) is 181 Å². The predicted octanol–water partition coefficient (Wildman–Crippen LogP) is 18.6. The van der Waals surface area contributed by atoms with Crippen molar-refractivity contribution in [3.63, 3.8) is 0 Å². The van der Waals surface area contributed by atoms with Crippen molar-refractivity contribution in [2.24, 2.45) is 0 Å². The Labute approximate surface area is 533 Å². The van der Waals surface area contributed by atoms with Gasteiger partial charge in [0.05, 0.1) is 11.6 Å². The first-order valence-electron chi connectivity index (χ1n) is 28.8. The number of rotatable bonds is 10. The van der Waals surface area contributed by atoms with Crippen molar-refractivity contribution >= 4 is 55.3 Å². The van der Waals surface area contributed by atoms with Gasteiger partial charge in [0.25, 0.3) is 0 Å². The van der Waals surface area contributed by atoms with E-state index in [1.165, 1.54) is 33.6 Å². The summed E-state index contributed by atoms with van der Waals surface area (Å²) in [6.45, 7) is 22.0. The summed E-state index contributed by atoms with van der Waals surface area (Å²) in [7, 11) is 3.99. The molecule has 12 aromatic rings. The van der Waals surface area contributed by atoms with Gasteiger partial charge in [0.2, 0.25) is 0 Å². The Morgan fingerprint density at radius 2 is 0.767 bits per heavy atom. The minimum Gasteiger partial charge on any atom is -0.514 e. The average Bonchev–Trinajstić information content (AvgIpc) is 2.14. The number of para-hydroxylation sites is 4. The van der Waals surface area contributed by atoms with Crippen molar-refractivity contribution in [2.75, 3.05) is 23.9 Å². The molecule has 0 spiro atoms. The van der Waals surface area contributed by atoms with Gasteiger partial charge >= 0.3 is 40.2 Å². The molecule has 0 aliphatic carbocycles. The Morgan fingerprint density at radius 1 is 0.395 bits per heavy atom. The van der Waals surface area contributed by atoms with Crippen LogP contribution in [0.1, 0.15) is 101 Å². The number of benzene rings is 8. The molecule has 2 aliphatic heterocycles. The van der Waals surface area contributed by atoms with Crippen LogP contribution in [0.2, 0.25) is 0 Å². The van der Waals surface area contributed by atoms with Crippen molar-refractivity contribution in [3.05, 3.63) is 267 Å². The zero-order valence-corrected chi connectivity index (χ0v) is 54.9. The molecule has 6 heterocycles. The van der Waals surface area contributed by atoms with E-state index < -0.39 is 0 Å². The van der Waals surface area contributed by atoms with E-state index in [-0.39, 0.29) is 40.2 Å². The smallest absolute Gasteiger partial charge is 0.514 e. The summed E-state index contributed by atoms with van der Waals surface area (Å²) >= 11 is 0. The number of fused-ring (bicyclic) bond motifs is 6. The predicted molar refractivity (Wildman–Crippen MR) is 345 cm³/mol. The van der Waals surface area contributed by atoms with Gasteiger partial charge in [-0.15, -0.1) is 71.8 Å². The fourth-order valence-corrected chi connectivity index (χ4v) is 10.9. The van der Waals surface area contributed by atoms with Crippen LogP contribution in [0, 0.1) is 37.6 Å². The van der Waals surface area contributed by atoms with Crippen molar-refractivity contribution < 1.29 is 49.0 Å². The molecule has 0 N–H and O–H groups in total. The van der Waals surface area contributed by atoms with E-state index >= 15 is 0 Å². The summed E-state index contributed by atoms with van der Waals surface area (Å²) in [5.41, 5.74) is 15.4. The van der Waals surface area contributed by atoms with E-state index in [0.29, 0.717) is 23.7 Å². The summed E-state index contributed by atoms with van der Waals surface area (Å²) in [5.74, 6) is 3.72. The van der Waals surface area contributed by atoms with Crippen LogP contribution in [-0.2, 0) is 40.2 Å². The molecule has 4 aromatic heterocycles. The van der Waals surface area contributed by atoms with Crippen LogP contribution in [0.25, 0.3) is 78.0 Å². The van der Waals surface area contributed by atoms with Crippen LogP contribution in [0.15, 0.2) is 216 Å². The van der Waals surface area contributed by atoms with Crippen LogP contribution in [-0.4, -0.2) is 43.0 Å². The van der Waals surface area contributed by atoms with Gasteiger partial charge in [0.1, 0.15) is 11.2 Å². The normalized spacial score (nSPS) is 12.7. The van der Waals surface area contributed by atoms with Gasteiger partial charge in [-0.05, 0) is 97.0 Å². The number of anilines is 2. The number of nitrogens with zero attached hydrogens (tertiary/aromatic N) is 8. The average molecular weight is 1490 g/mol. The van der Waals surface area contributed by atoms with E-state index in [0.717, 1.165) is 78.0 Å². The first kappa shape index (κ1) is 62.3. The van der Waals surface area contributed by atoms with E-state index in [4.69, 9.17) is 8.83 Å². The molecule has 10 nitrogen and oxygen atoms in total. The zero-order chi connectivity index (χ0) is 58.4. The maximum atomic E-state index is 5.99. The van der Waals surface area contributed by atoms with E-state index in [1.54, 1.807) is 0 Å². The van der Waals surface area contributed by atoms with Crippen molar-refractivity contribution in [2.45, 2.75) is 79.1 Å². The Bertz CT molecular complexity index is 3920. The molecule has 0 fully saturated rings. The zero-order valence-electron chi connectivity index (χ0n) is 50.2. The quantitative estimate of drug-likeness (QED) is 0.125. The van der Waals surface area contributed by atoms with Gasteiger partial charge < -0.3 is 37.6 Å². The molecule has 0 amide bonds. The second-order valence-electron chi connectivity index (χ2n) is 22.3. The molecule has 2 aliphatic rings. The standard InChI is InChI=1S/2C21H23N2.2C16H12N2O.2Ir/c2*1-15(2)18-11-8-12-19(16(3)4)20(18)23-14-13-22-21(23)17-9-6-5-7-10-17;2*1-17-9-10-18(11-17)14-7-4-6-13-12-5-2-3-8-15(12)19-16(13)14;;/h2*5-9,11-16H,1-4H3;2*2-6,8-11H,1H3;;/q2*-1;2*-2;2*+3. The van der Waals surface area contributed by atoms with Crippen LogP contribution >= 0.6 is 0 Å². The maximum Gasteiger partial charge on any atom is 3.00 e. The van der Waals surface area contributed by atoms with Crippen LogP contribution in [0.3, 0.4) is 0 Å². The molecule has 86 heavy (non-hydrogen) atoms. The third-order valence-electron chi connectivity index (χ3n) is 15.0. The molecule has 8 aromatic carbocycles. The third-order valence-corrected chi connectivity index (χ3v) is 15.0.